The molecule has 1 aliphatic rings. The molecule has 0 bridgehead atoms. The van der Waals surface area contributed by atoms with Crippen LogP contribution in [0.25, 0.3) is 10.9 Å². The van der Waals surface area contributed by atoms with Gasteiger partial charge in [-0.05, 0) is 31.4 Å². The fourth-order valence-corrected chi connectivity index (χ4v) is 4.90. The van der Waals surface area contributed by atoms with E-state index in [0.717, 1.165) is 36.9 Å². The van der Waals surface area contributed by atoms with Crippen LogP contribution in [0, 0.1) is 6.92 Å². The lowest BCUT2D eigenvalue weighted by Gasteiger charge is -2.29. The first-order valence-electron chi connectivity index (χ1n) is 11.5. The molecule has 1 fully saturated rings. The maximum absolute atomic E-state index is 11.7. The molecule has 0 atom stereocenters. The van der Waals surface area contributed by atoms with Gasteiger partial charge in [0.05, 0.1) is 5.69 Å². The second-order valence-corrected chi connectivity index (χ2v) is 8.80. The summed E-state index contributed by atoms with van der Waals surface area (Å²) in [6.45, 7) is 2.17. The molecular formula is C25H39NO. The number of para-hydroxylation sites is 1. The van der Waals surface area contributed by atoms with E-state index in [0.29, 0.717) is 0 Å². The number of fused-ring (bicyclic) bond motifs is 1. The Morgan fingerprint density at radius 2 is 1.15 bits per heavy atom. The van der Waals surface area contributed by atoms with Crippen molar-refractivity contribution in [1.82, 2.24) is 4.98 Å². The van der Waals surface area contributed by atoms with Gasteiger partial charge in [-0.1, -0.05) is 102 Å². The van der Waals surface area contributed by atoms with Gasteiger partial charge in [-0.15, -0.1) is 0 Å². The Labute approximate surface area is 165 Å². The van der Waals surface area contributed by atoms with Crippen molar-refractivity contribution in [2.45, 2.75) is 109 Å². The van der Waals surface area contributed by atoms with E-state index in [1.54, 1.807) is 0 Å². The highest BCUT2D eigenvalue weighted by Gasteiger charge is 2.32. The summed E-state index contributed by atoms with van der Waals surface area (Å²) in [4.78, 5) is 3.58. The van der Waals surface area contributed by atoms with Gasteiger partial charge < -0.3 is 10.1 Å². The summed E-state index contributed by atoms with van der Waals surface area (Å²) < 4.78 is 0. The molecule has 2 aromatic rings. The van der Waals surface area contributed by atoms with Crippen LogP contribution < -0.4 is 0 Å². The maximum atomic E-state index is 11.7. The Bertz CT molecular complexity index is 671. The molecule has 0 unspecified atom stereocenters. The van der Waals surface area contributed by atoms with Gasteiger partial charge in [-0.25, -0.2) is 0 Å². The van der Waals surface area contributed by atoms with E-state index in [9.17, 15) is 5.11 Å². The average Bonchev–Trinajstić information content (AvgIpc) is 3.02. The zero-order chi connectivity index (χ0) is 19.0. The molecule has 0 amide bonds. The van der Waals surface area contributed by atoms with Crippen molar-refractivity contribution in [2.75, 3.05) is 0 Å². The number of H-pyrrole nitrogens is 1. The molecule has 1 aromatic carbocycles. The van der Waals surface area contributed by atoms with E-state index in [-0.39, 0.29) is 0 Å². The lowest BCUT2D eigenvalue weighted by Crippen LogP contribution is -2.27. The molecular weight excluding hydrogens is 330 g/mol. The quantitative estimate of drug-likeness (QED) is 0.535. The van der Waals surface area contributed by atoms with Crippen LogP contribution in [-0.4, -0.2) is 10.1 Å². The molecule has 3 rings (SSSR count). The van der Waals surface area contributed by atoms with E-state index < -0.39 is 5.60 Å². The van der Waals surface area contributed by atoms with Crippen molar-refractivity contribution in [3.8, 4) is 0 Å². The van der Waals surface area contributed by atoms with Crippen LogP contribution in [0.3, 0.4) is 0 Å². The molecule has 1 saturated carbocycles. The highest BCUT2D eigenvalue weighted by Crippen LogP contribution is 2.37. The predicted octanol–water partition coefficient (Wildman–Crippen LogP) is 7.53. The molecule has 2 nitrogen and oxygen atoms in total. The van der Waals surface area contributed by atoms with Gasteiger partial charge in [-0.3, -0.25) is 0 Å². The second-order valence-electron chi connectivity index (χ2n) is 8.80. The normalized spacial score (nSPS) is 21.3. The molecule has 0 radical (unpaired) electrons. The molecule has 1 aromatic heterocycles. The van der Waals surface area contributed by atoms with Crippen LogP contribution in [0.1, 0.15) is 108 Å². The van der Waals surface area contributed by atoms with Gasteiger partial charge in [-0.2, -0.15) is 0 Å². The van der Waals surface area contributed by atoms with E-state index in [1.807, 2.05) is 0 Å². The summed E-state index contributed by atoms with van der Waals surface area (Å²) in [5.74, 6) is 0. The number of rotatable bonds is 1. The lowest BCUT2D eigenvalue weighted by atomic mass is 9.85. The summed E-state index contributed by atoms with van der Waals surface area (Å²) in [7, 11) is 0. The van der Waals surface area contributed by atoms with Gasteiger partial charge >= 0.3 is 0 Å². The van der Waals surface area contributed by atoms with Crippen molar-refractivity contribution >= 4 is 10.9 Å². The number of hydrogen-bond donors (Lipinski definition) is 2. The number of benzene rings is 1. The topological polar surface area (TPSA) is 36.0 Å². The molecule has 2 N–H and O–H groups in total. The van der Waals surface area contributed by atoms with E-state index in [1.165, 1.54) is 81.6 Å². The van der Waals surface area contributed by atoms with Crippen LogP contribution >= 0.6 is 0 Å². The van der Waals surface area contributed by atoms with E-state index in [2.05, 4.69) is 36.2 Å². The molecule has 150 valence electrons. The third kappa shape index (κ3) is 5.60. The molecule has 1 aliphatic carbocycles. The lowest BCUT2D eigenvalue weighted by molar-refractivity contribution is 0.00915. The SMILES string of the molecule is Cc1c(C2(O)CCCCCCCCCCCCCCC2)[nH]c2ccccc12. The maximum Gasteiger partial charge on any atom is 0.105 e. The zero-order valence-corrected chi connectivity index (χ0v) is 17.4. The number of aryl methyl sites for hydroxylation is 1. The largest absolute Gasteiger partial charge is 0.384 e. The first kappa shape index (κ1) is 20.5. The van der Waals surface area contributed by atoms with Crippen molar-refractivity contribution in [1.29, 1.82) is 0 Å². The smallest absolute Gasteiger partial charge is 0.105 e. The zero-order valence-electron chi connectivity index (χ0n) is 17.4. The molecule has 27 heavy (non-hydrogen) atoms. The summed E-state index contributed by atoms with van der Waals surface area (Å²) in [5, 5.41) is 13.0. The molecule has 2 heteroatoms. The Balaban J connectivity index is 1.72. The number of aliphatic hydroxyl groups is 1. The van der Waals surface area contributed by atoms with Crippen LogP contribution in [0.4, 0.5) is 0 Å². The number of aromatic nitrogens is 1. The molecule has 1 heterocycles. The summed E-state index contributed by atoms with van der Waals surface area (Å²) in [5.41, 5.74) is 2.78. The first-order chi connectivity index (χ1) is 13.2. The monoisotopic (exact) mass is 369 g/mol. The minimum atomic E-state index is -0.694. The number of hydrogen-bond acceptors (Lipinski definition) is 1. The molecule has 0 saturated heterocycles. The van der Waals surface area contributed by atoms with Crippen LogP contribution in [0.2, 0.25) is 0 Å². The third-order valence-electron chi connectivity index (χ3n) is 6.61. The van der Waals surface area contributed by atoms with Gasteiger partial charge in [0, 0.05) is 10.9 Å². The predicted molar refractivity (Wildman–Crippen MR) is 116 cm³/mol. The fraction of sp³-hybridized carbons (Fsp3) is 0.680. The Kier molecular flexibility index (Phi) is 7.81. The molecule has 0 aliphatic heterocycles. The summed E-state index contributed by atoms with van der Waals surface area (Å²) in [6.07, 6.45) is 19.0. The van der Waals surface area contributed by atoms with Crippen molar-refractivity contribution in [2.24, 2.45) is 0 Å². The summed E-state index contributed by atoms with van der Waals surface area (Å²) >= 11 is 0. The summed E-state index contributed by atoms with van der Waals surface area (Å²) in [6, 6.07) is 8.47. The minimum Gasteiger partial charge on any atom is -0.384 e. The fourth-order valence-electron chi connectivity index (χ4n) is 4.90. The highest BCUT2D eigenvalue weighted by atomic mass is 16.3. The average molecular weight is 370 g/mol. The van der Waals surface area contributed by atoms with Gasteiger partial charge in [0.2, 0.25) is 0 Å². The third-order valence-corrected chi connectivity index (χ3v) is 6.61. The van der Waals surface area contributed by atoms with E-state index in [4.69, 9.17) is 0 Å². The van der Waals surface area contributed by atoms with Gasteiger partial charge in [0.15, 0.2) is 0 Å². The number of nitrogens with one attached hydrogen (secondary N) is 1. The van der Waals surface area contributed by atoms with Crippen molar-refractivity contribution in [3.05, 3.63) is 35.5 Å². The highest BCUT2D eigenvalue weighted by molar-refractivity contribution is 5.84. The number of aromatic amines is 1. The first-order valence-corrected chi connectivity index (χ1v) is 11.5. The molecule has 0 spiro atoms. The van der Waals surface area contributed by atoms with Crippen LogP contribution in [-0.2, 0) is 5.60 Å². The van der Waals surface area contributed by atoms with Crippen molar-refractivity contribution < 1.29 is 5.11 Å². The second kappa shape index (κ2) is 10.3. The van der Waals surface area contributed by atoms with Gasteiger partial charge in [0.1, 0.15) is 5.60 Å². The Morgan fingerprint density at radius 1 is 0.704 bits per heavy atom. The Hall–Kier alpha value is -1.28. The standard InChI is InChI=1S/C25H39NO/c1-21-22-17-13-14-18-23(22)26-24(21)25(27)19-15-11-9-7-5-3-2-4-6-8-10-12-16-20-25/h13-14,17-18,26-27H,2-12,15-16,19-20H2,1H3. The minimum absolute atomic E-state index is 0.694. The van der Waals surface area contributed by atoms with E-state index >= 15 is 0 Å². The van der Waals surface area contributed by atoms with Crippen LogP contribution in [0.15, 0.2) is 24.3 Å². The Morgan fingerprint density at radius 3 is 1.63 bits per heavy atom. The van der Waals surface area contributed by atoms with Crippen LogP contribution in [0.5, 0.6) is 0 Å². The van der Waals surface area contributed by atoms with Crippen molar-refractivity contribution in [3.63, 3.8) is 0 Å². The van der Waals surface area contributed by atoms with Gasteiger partial charge in [0.25, 0.3) is 0 Å².